The molecule has 5 aromatic rings. The van der Waals surface area contributed by atoms with Crippen molar-refractivity contribution in [1.29, 1.82) is 0 Å². The Balaban J connectivity index is 1.30. The Bertz CT molecular complexity index is 1490. The van der Waals surface area contributed by atoms with Crippen molar-refractivity contribution in [2.75, 3.05) is 5.32 Å². The number of benzene rings is 2. The summed E-state index contributed by atoms with van der Waals surface area (Å²) in [5.41, 5.74) is 6.15. The topological polar surface area (TPSA) is 85.1 Å². The highest BCUT2D eigenvalue weighted by molar-refractivity contribution is 7.98. The lowest BCUT2D eigenvalue weighted by Crippen LogP contribution is -2.14. The van der Waals surface area contributed by atoms with Crippen LogP contribution in [-0.4, -0.2) is 30.5 Å². The molecule has 0 atom stereocenters. The highest BCUT2D eigenvalue weighted by atomic mass is 32.2. The lowest BCUT2D eigenvalue weighted by atomic mass is 10.1. The molecular weight excluding hydrogens is 464 g/mol. The number of aromatic nitrogens is 5. The molecule has 0 saturated heterocycles. The van der Waals surface area contributed by atoms with Gasteiger partial charge in [-0.2, -0.15) is 4.98 Å². The van der Waals surface area contributed by atoms with Crippen molar-refractivity contribution in [3.05, 3.63) is 87.5 Å². The van der Waals surface area contributed by atoms with Crippen molar-refractivity contribution in [3.8, 4) is 11.3 Å². The van der Waals surface area contributed by atoms with Gasteiger partial charge >= 0.3 is 0 Å². The highest BCUT2D eigenvalue weighted by Crippen LogP contribution is 2.25. The first-order chi connectivity index (χ1) is 16.5. The zero-order valence-corrected chi connectivity index (χ0v) is 20.6. The number of nitrogens with one attached hydrogen (secondary N) is 1. The molecule has 0 saturated carbocycles. The molecule has 0 spiro atoms. The van der Waals surface area contributed by atoms with Crippen LogP contribution in [0.3, 0.4) is 0 Å². The first-order valence-corrected chi connectivity index (χ1v) is 12.6. The third kappa shape index (κ3) is 4.71. The van der Waals surface area contributed by atoms with E-state index in [1.165, 1.54) is 11.8 Å². The van der Waals surface area contributed by atoms with Crippen molar-refractivity contribution in [3.63, 3.8) is 0 Å². The van der Waals surface area contributed by atoms with Crippen LogP contribution in [0.1, 0.15) is 32.3 Å². The first-order valence-electron chi connectivity index (χ1n) is 10.7. The second kappa shape index (κ2) is 9.36. The summed E-state index contributed by atoms with van der Waals surface area (Å²) in [4.78, 5) is 26.5. The molecule has 1 amide bonds. The van der Waals surface area contributed by atoms with Crippen LogP contribution < -0.4 is 5.32 Å². The summed E-state index contributed by atoms with van der Waals surface area (Å²) in [6, 6.07) is 17.3. The van der Waals surface area contributed by atoms with Crippen LogP contribution in [0.2, 0.25) is 0 Å². The van der Waals surface area contributed by atoms with Gasteiger partial charge < -0.3 is 5.32 Å². The van der Waals surface area contributed by atoms with E-state index in [1.54, 1.807) is 15.9 Å². The van der Waals surface area contributed by atoms with Crippen molar-refractivity contribution < 1.29 is 4.79 Å². The van der Waals surface area contributed by atoms with Gasteiger partial charge in [-0.25, -0.2) is 14.5 Å². The summed E-state index contributed by atoms with van der Waals surface area (Å²) in [5, 5.41) is 11.2. The summed E-state index contributed by atoms with van der Waals surface area (Å²) < 4.78 is 1.74. The fraction of sp³-hybridized carbons (Fsp3) is 0.160. The molecule has 2 aromatic carbocycles. The average molecular weight is 487 g/mol. The maximum absolute atomic E-state index is 13.1. The molecule has 3 heterocycles. The molecule has 5 rings (SSSR count). The van der Waals surface area contributed by atoms with Crippen molar-refractivity contribution in [1.82, 2.24) is 24.6 Å². The molecule has 1 N–H and O–H groups in total. The number of carbonyl (C=O) groups excluding carboxylic acids is 1. The van der Waals surface area contributed by atoms with Gasteiger partial charge in [0, 0.05) is 39.3 Å². The molecule has 3 aromatic heterocycles. The maximum Gasteiger partial charge on any atom is 0.255 e. The van der Waals surface area contributed by atoms with E-state index in [0.717, 1.165) is 38.9 Å². The van der Waals surface area contributed by atoms with E-state index < -0.39 is 0 Å². The van der Waals surface area contributed by atoms with E-state index in [0.29, 0.717) is 22.3 Å². The Morgan fingerprint density at radius 2 is 1.82 bits per heavy atom. The second-order valence-electron chi connectivity index (χ2n) is 7.87. The third-order valence-electron chi connectivity index (χ3n) is 5.28. The lowest BCUT2D eigenvalue weighted by Gasteiger charge is -2.10. The number of hydrogen-bond acceptors (Lipinski definition) is 7. The second-order valence-corrected chi connectivity index (χ2v) is 9.88. The number of anilines is 1. The molecule has 0 unspecified atom stereocenters. The van der Waals surface area contributed by atoms with E-state index in [4.69, 9.17) is 0 Å². The molecule has 34 heavy (non-hydrogen) atoms. The molecule has 0 aliphatic heterocycles. The lowest BCUT2D eigenvalue weighted by molar-refractivity contribution is 0.102. The van der Waals surface area contributed by atoms with Gasteiger partial charge in [0.1, 0.15) is 0 Å². The number of thiazole rings is 1. The van der Waals surface area contributed by atoms with Crippen molar-refractivity contribution >= 4 is 40.5 Å². The van der Waals surface area contributed by atoms with E-state index in [1.807, 2.05) is 80.7 Å². The predicted octanol–water partition coefficient (Wildman–Crippen LogP) is 5.72. The zero-order chi connectivity index (χ0) is 23.7. The monoisotopic (exact) mass is 486 g/mol. The molecule has 170 valence electrons. The van der Waals surface area contributed by atoms with Gasteiger partial charge in [0.25, 0.3) is 11.7 Å². The first kappa shape index (κ1) is 22.2. The van der Waals surface area contributed by atoms with E-state index >= 15 is 0 Å². The minimum absolute atomic E-state index is 0.149. The van der Waals surface area contributed by atoms with Crippen LogP contribution in [0.4, 0.5) is 5.69 Å². The van der Waals surface area contributed by atoms with E-state index in [-0.39, 0.29) is 5.91 Å². The fourth-order valence-electron chi connectivity index (χ4n) is 3.64. The SMILES string of the molecule is Cc1cc(C)n2nc(SCc3ccccc3C(=O)Nc3ccc(-c4csc(C)n4)cc3)nc2n1. The van der Waals surface area contributed by atoms with Crippen LogP contribution in [0.5, 0.6) is 0 Å². The molecular formula is C25H22N6OS2. The number of rotatable bonds is 6. The quantitative estimate of drug-likeness (QED) is 0.309. The number of aryl methyl sites for hydroxylation is 3. The number of carbonyl (C=O) groups is 1. The number of nitrogens with zero attached hydrogens (tertiary/aromatic N) is 5. The minimum Gasteiger partial charge on any atom is -0.322 e. The molecule has 0 aliphatic rings. The van der Waals surface area contributed by atoms with Crippen LogP contribution in [-0.2, 0) is 5.75 Å². The number of amides is 1. The summed E-state index contributed by atoms with van der Waals surface area (Å²) in [7, 11) is 0. The summed E-state index contributed by atoms with van der Waals surface area (Å²) in [6.45, 7) is 5.91. The smallest absolute Gasteiger partial charge is 0.255 e. The largest absolute Gasteiger partial charge is 0.322 e. The number of thioether (sulfide) groups is 1. The van der Waals surface area contributed by atoms with Gasteiger partial charge in [-0.15, -0.1) is 16.4 Å². The van der Waals surface area contributed by atoms with Crippen LogP contribution in [0.15, 0.2) is 65.1 Å². The molecule has 0 fully saturated rings. The Morgan fingerprint density at radius 3 is 2.59 bits per heavy atom. The summed E-state index contributed by atoms with van der Waals surface area (Å²) >= 11 is 3.11. The van der Waals surface area contributed by atoms with Gasteiger partial charge in [-0.3, -0.25) is 4.79 Å². The minimum atomic E-state index is -0.149. The van der Waals surface area contributed by atoms with Gasteiger partial charge in [-0.1, -0.05) is 42.1 Å². The maximum atomic E-state index is 13.1. The molecule has 9 heteroatoms. The van der Waals surface area contributed by atoms with Crippen LogP contribution >= 0.6 is 23.1 Å². The Morgan fingerprint density at radius 1 is 1.03 bits per heavy atom. The van der Waals surface area contributed by atoms with Gasteiger partial charge in [0.05, 0.1) is 10.7 Å². The Labute approximate surface area is 205 Å². The van der Waals surface area contributed by atoms with Gasteiger partial charge in [0.15, 0.2) is 0 Å². The van der Waals surface area contributed by atoms with Crippen LogP contribution in [0, 0.1) is 20.8 Å². The zero-order valence-electron chi connectivity index (χ0n) is 18.9. The summed E-state index contributed by atoms with van der Waals surface area (Å²) in [5.74, 6) is 1.01. The van der Waals surface area contributed by atoms with Crippen molar-refractivity contribution in [2.24, 2.45) is 0 Å². The molecule has 0 radical (unpaired) electrons. The van der Waals surface area contributed by atoms with Gasteiger partial charge in [-0.05, 0) is 50.6 Å². The Kier molecular flexibility index (Phi) is 6.12. The number of hydrogen-bond donors (Lipinski definition) is 1. The Hall–Kier alpha value is -3.56. The fourth-order valence-corrected chi connectivity index (χ4v) is 5.08. The molecule has 7 nitrogen and oxygen atoms in total. The predicted molar refractivity (Wildman–Crippen MR) is 136 cm³/mol. The van der Waals surface area contributed by atoms with E-state index in [2.05, 4.69) is 25.4 Å². The van der Waals surface area contributed by atoms with Gasteiger partial charge in [0.2, 0.25) is 5.16 Å². The van der Waals surface area contributed by atoms with Crippen LogP contribution in [0.25, 0.3) is 17.0 Å². The molecule has 0 aliphatic carbocycles. The number of fused-ring (bicyclic) bond motifs is 1. The molecule has 0 bridgehead atoms. The standard InChI is InChI=1S/C25H22N6OS2/c1-15-12-16(2)31-24(26-15)29-25(30-31)34-13-19-6-4-5-7-21(19)23(32)28-20-10-8-18(9-11-20)22-14-33-17(3)27-22/h4-12,14H,13H2,1-3H3,(H,28,32). The third-order valence-corrected chi connectivity index (χ3v) is 6.94. The van der Waals surface area contributed by atoms with E-state index in [9.17, 15) is 4.79 Å². The average Bonchev–Trinajstić information content (AvgIpc) is 3.44. The normalized spacial score (nSPS) is 11.1. The summed E-state index contributed by atoms with van der Waals surface area (Å²) in [6.07, 6.45) is 0. The van der Waals surface area contributed by atoms with Crippen molar-refractivity contribution in [2.45, 2.75) is 31.7 Å². The highest BCUT2D eigenvalue weighted by Gasteiger charge is 2.14.